The van der Waals surface area contributed by atoms with Crippen molar-refractivity contribution in [2.24, 2.45) is 0 Å². The van der Waals surface area contributed by atoms with Gasteiger partial charge in [-0.2, -0.15) is 13.2 Å². The molecule has 1 aliphatic rings. The SMILES string of the molecule is COC(=O)N1CC(C)N(C(C)C)C(C(F)(F)F)C1. The number of amides is 1. The zero-order valence-electron chi connectivity index (χ0n) is 11.0. The van der Waals surface area contributed by atoms with E-state index in [2.05, 4.69) is 4.74 Å². The normalized spacial score (nSPS) is 26.6. The van der Waals surface area contributed by atoms with Crippen molar-refractivity contribution in [2.45, 2.75) is 45.1 Å². The molecule has 2 atom stereocenters. The predicted molar refractivity (Wildman–Crippen MR) is 60.3 cm³/mol. The third kappa shape index (κ3) is 3.07. The highest BCUT2D eigenvalue weighted by atomic mass is 19.4. The molecule has 0 radical (unpaired) electrons. The lowest BCUT2D eigenvalue weighted by molar-refractivity contribution is -0.207. The molecule has 4 nitrogen and oxygen atoms in total. The molecule has 1 heterocycles. The Hall–Kier alpha value is -0.980. The molecule has 7 heteroatoms. The van der Waals surface area contributed by atoms with Crippen molar-refractivity contribution in [3.8, 4) is 0 Å². The Morgan fingerprint density at radius 3 is 2.28 bits per heavy atom. The Morgan fingerprint density at radius 2 is 1.89 bits per heavy atom. The fraction of sp³-hybridized carbons (Fsp3) is 0.909. The van der Waals surface area contributed by atoms with E-state index in [0.717, 1.165) is 4.90 Å². The maximum Gasteiger partial charge on any atom is 0.409 e. The van der Waals surface area contributed by atoms with Crippen LogP contribution in [-0.4, -0.2) is 60.4 Å². The van der Waals surface area contributed by atoms with Crippen molar-refractivity contribution in [3.05, 3.63) is 0 Å². The number of halogens is 3. The topological polar surface area (TPSA) is 32.8 Å². The second-order valence-electron chi connectivity index (χ2n) is 4.82. The molecule has 1 saturated heterocycles. The first-order valence-electron chi connectivity index (χ1n) is 5.85. The third-order valence-electron chi connectivity index (χ3n) is 3.15. The van der Waals surface area contributed by atoms with Crippen LogP contribution in [-0.2, 0) is 4.74 Å². The summed E-state index contributed by atoms with van der Waals surface area (Å²) in [6, 6.07) is -2.23. The fourth-order valence-corrected chi connectivity index (χ4v) is 2.52. The molecule has 1 rings (SSSR count). The highest BCUT2D eigenvalue weighted by molar-refractivity contribution is 5.67. The fourth-order valence-electron chi connectivity index (χ4n) is 2.52. The van der Waals surface area contributed by atoms with Crippen molar-refractivity contribution in [2.75, 3.05) is 20.2 Å². The number of rotatable bonds is 1. The number of carbonyl (C=O) groups excluding carboxylic acids is 1. The number of hydrogen-bond acceptors (Lipinski definition) is 3. The maximum absolute atomic E-state index is 13.0. The van der Waals surface area contributed by atoms with Crippen molar-refractivity contribution >= 4 is 6.09 Å². The summed E-state index contributed by atoms with van der Waals surface area (Å²) in [7, 11) is 1.17. The summed E-state index contributed by atoms with van der Waals surface area (Å²) >= 11 is 0. The first-order chi connectivity index (χ1) is 8.18. The van der Waals surface area contributed by atoms with Crippen LogP contribution in [0.15, 0.2) is 0 Å². The van der Waals surface area contributed by atoms with E-state index in [9.17, 15) is 18.0 Å². The lowest BCUT2D eigenvalue weighted by Gasteiger charge is -2.47. The van der Waals surface area contributed by atoms with Gasteiger partial charge >= 0.3 is 12.3 Å². The third-order valence-corrected chi connectivity index (χ3v) is 3.15. The number of alkyl halides is 3. The van der Waals surface area contributed by atoms with Crippen LogP contribution in [0.25, 0.3) is 0 Å². The largest absolute Gasteiger partial charge is 0.453 e. The van der Waals surface area contributed by atoms with Crippen LogP contribution < -0.4 is 0 Å². The molecule has 0 spiro atoms. The monoisotopic (exact) mass is 268 g/mol. The molecular formula is C11H19F3N2O2. The van der Waals surface area contributed by atoms with Gasteiger partial charge in [0.25, 0.3) is 0 Å². The number of ether oxygens (including phenoxy) is 1. The van der Waals surface area contributed by atoms with Crippen molar-refractivity contribution in [1.82, 2.24) is 9.80 Å². The van der Waals surface area contributed by atoms with Gasteiger partial charge in [0.1, 0.15) is 6.04 Å². The smallest absolute Gasteiger partial charge is 0.409 e. The molecule has 0 saturated carbocycles. The van der Waals surface area contributed by atoms with Gasteiger partial charge in [-0.3, -0.25) is 4.90 Å². The number of nitrogens with zero attached hydrogens (tertiary/aromatic N) is 2. The van der Waals surface area contributed by atoms with Crippen molar-refractivity contribution in [1.29, 1.82) is 0 Å². The van der Waals surface area contributed by atoms with Gasteiger partial charge in [-0.15, -0.1) is 0 Å². The molecule has 106 valence electrons. The van der Waals surface area contributed by atoms with Crippen LogP contribution in [0.1, 0.15) is 20.8 Å². The van der Waals surface area contributed by atoms with Gasteiger partial charge in [0, 0.05) is 25.2 Å². The van der Waals surface area contributed by atoms with Crippen LogP contribution in [0.2, 0.25) is 0 Å². The van der Waals surface area contributed by atoms with Gasteiger partial charge in [0.05, 0.1) is 7.11 Å². The standard InChI is InChI=1S/C11H19F3N2O2/c1-7(2)16-8(3)5-15(10(17)18-4)6-9(16)11(12,13)14/h7-9H,5-6H2,1-4H3. The summed E-state index contributed by atoms with van der Waals surface area (Å²) in [5.41, 5.74) is 0. The highest BCUT2D eigenvalue weighted by Crippen LogP contribution is 2.31. The van der Waals surface area contributed by atoms with Gasteiger partial charge in [0.2, 0.25) is 0 Å². The summed E-state index contributed by atoms with van der Waals surface area (Å²) < 4.78 is 43.6. The Morgan fingerprint density at radius 1 is 1.33 bits per heavy atom. The van der Waals surface area contributed by atoms with E-state index < -0.39 is 18.3 Å². The number of piperazine rings is 1. The lowest BCUT2D eigenvalue weighted by atomic mass is 10.0. The highest BCUT2D eigenvalue weighted by Gasteiger charge is 2.50. The molecule has 0 bridgehead atoms. The summed E-state index contributed by atoms with van der Waals surface area (Å²) in [5.74, 6) is 0. The molecule has 0 N–H and O–H groups in total. The quantitative estimate of drug-likeness (QED) is 0.730. The second-order valence-corrected chi connectivity index (χ2v) is 4.82. The number of methoxy groups -OCH3 is 1. The van der Waals surface area contributed by atoms with Gasteiger partial charge < -0.3 is 9.64 Å². The van der Waals surface area contributed by atoms with Gasteiger partial charge in [-0.1, -0.05) is 0 Å². The van der Waals surface area contributed by atoms with E-state index in [-0.39, 0.29) is 25.2 Å². The van der Waals surface area contributed by atoms with Crippen LogP contribution in [0.5, 0.6) is 0 Å². The van der Waals surface area contributed by atoms with Crippen LogP contribution >= 0.6 is 0 Å². The molecule has 0 aromatic rings. The van der Waals surface area contributed by atoms with E-state index >= 15 is 0 Å². The average molecular weight is 268 g/mol. The molecule has 18 heavy (non-hydrogen) atoms. The first-order valence-corrected chi connectivity index (χ1v) is 5.85. The van der Waals surface area contributed by atoms with Crippen LogP contribution in [0.3, 0.4) is 0 Å². The molecular weight excluding hydrogens is 249 g/mol. The molecule has 0 aromatic carbocycles. The van der Waals surface area contributed by atoms with Crippen LogP contribution in [0, 0.1) is 0 Å². The van der Waals surface area contributed by atoms with E-state index in [1.807, 2.05) is 0 Å². The summed E-state index contributed by atoms with van der Waals surface area (Å²) in [4.78, 5) is 13.9. The Bertz CT molecular complexity index is 307. The Labute approximate surface area is 105 Å². The molecule has 1 fully saturated rings. The van der Waals surface area contributed by atoms with Gasteiger partial charge in [-0.25, -0.2) is 4.79 Å². The van der Waals surface area contributed by atoms with E-state index in [0.29, 0.717) is 0 Å². The Balaban J connectivity index is 2.95. The zero-order valence-corrected chi connectivity index (χ0v) is 11.0. The summed E-state index contributed by atoms with van der Waals surface area (Å²) in [6.07, 6.45) is -5.06. The van der Waals surface area contributed by atoms with Crippen LogP contribution in [0.4, 0.5) is 18.0 Å². The molecule has 0 aliphatic carbocycles. The lowest BCUT2D eigenvalue weighted by Crippen LogP contribution is -2.65. The zero-order chi connectivity index (χ0) is 14.1. The second kappa shape index (κ2) is 5.34. The number of hydrogen-bond donors (Lipinski definition) is 0. The van der Waals surface area contributed by atoms with Crippen molar-refractivity contribution in [3.63, 3.8) is 0 Å². The average Bonchev–Trinajstić information content (AvgIpc) is 2.25. The molecule has 1 aliphatic heterocycles. The number of carbonyl (C=O) groups is 1. The predicted octanol–water partition coefficient (Wildman–Crippen LogP) is 2.10. The maximum atomic E-state index is 13.0. The minimum Gasteiger partial charge on any atom is -0.453 e. The van der Waals surface area contributed by atoms with Crippen molar-refractivity contribution < 1.29 is 22.7 Å². The van der Waals surface area contributed by atoms with Gasteiger partial charge in [0.15, 0.2) is 0 Å². The summed E-state index contributed by atoms with van der Waals surface area (Å²) in [5, 5.41) is 0. The first kappa shape index (κ1) is 15.1. The van der Waals surface area contributed by atoms with E-state index in [4.69, 9.17) is 0 Å². The van der Waals surface area contributed by atoms with E-state index in [1.54, 1.807) is 20.8 Å². The minimum atomic E-state index is -4.36. The molecule has 0 aromatic heterocycles. The Kier molecular flexibility index (Phi) is 4.47. The minimum absolute atomic E-state index is 0.230. The summed E-state index contributed by atoms with van der Waals surface area (Å²) in [6.45, 7) is 5.01. The van der Waals surface area contributed by atoms with Gasteiger partial charge in [-0.05, 0) is 20.8 Å². The van der Waals surface area contributed by atoms with E-state index in [1.165, 1.54) is 12.0 Å². The molecule has 2 unspecified atom stereocenters. The molecule has 1 amide bonds.